The number of rotatable bonds is 10. The number of nitrogens with zero attached hydrogens (tertiary/aromatic N) is 2. The smallest absolute Gasteiger partial charge is 0.161 e. The second-order valence-electron chi connectivity index (χ2n) is 7.89. The fraction of sp³-hybridized carbons (Fsp3) is 0.714. The molecule has 1 aromatic carbocycles. The van der Waals surface area contributed by atoms with E-state index in [2.05, 4.69) is 29.7 Å². The summed E-state index contributed by atoms with van der Waals surface area (Å²) in [6.45, 7) is 8.17. The first-order chi connectivity index (χ1) is 12.9. The molecule has 0 radical (unpaired) electrons. The number of benzene rings is 1. The van der Waals surface area contributed by atoms with E-state index in [0.29, 0.717) is 36.6 Å². The van der Waals surface area contributed by atoms with Crippen molar-refractivity contribution in [2.75, 3.05) is 47.0 Å². The van der Waals surface area contributed by atoms with E-state index in [-0.39, 0.29) is 6.61 Å². The Morgan fingerprint density at radius 2 is 1.93 bits per heavy atom. The van der Waals surface area contributed by atoms with Gasteiger partial charge in [0.2, 0.25) is 0 Å². The van der Waals surface area contributed by atoms with Crippen molar-refractivity contribution in [3.63, 3.8) is 0 Å². The predicted molar refractivity (Wildman–Crippen MR) is 107 cm³/mol. The molecule has 1 aliphatic rings. The van der Waals surface area contributed by atoms with Crippen LogP contribution in [-0.2, 0) is 6.54 Å². The third-order valence-electron chi connectivity index (χ3n) is 5.41. The lowest BCUT2D eigenvalue weighted by Crippen LogP contribution is -2.37. The molecule has 0 saturated carbocycles. The predicted octanol–water partition coefficient (Wildman–Crippen LogP) is 1.98. The number of likely N-dealkylation sites (N-methyl/N-ethyl adjacent to an activating group) is 1. The number of ether oxygens (including phenoxy) is 2. The normalized spacial score (nSPS) is 17.5. The molecule has 6 nitrogen and oxygen atoms in total. The van der Waals surface area contributed by atoms with Crippen LogP contribution in [0.3, 0.4) is 0 Å². The maximum atomic E-state index is 10.2. The van der Waals surface area contributed by atoms with Gasteiger partial charge in [-0.2, -0.15) is 0 Å². The Bertz CT molecular complexity index is 559. The second kappa shape index (κ2) is 10.9. The first-order valence-electron chi connectivity index (χ1n) is 9.94. The minimum atomic E-state index is -0.553. The maximum Gasteiger partial charge on any atom is 0.161 e. The Morgan fingerprint density at radius 3 is 2.52 bits per heavy atom. The zero-order chi connectivity index (χ0) is 19.8. The lowest BCUT2D eigenvalue weighted by molar-refractivity contribution is 0.0667. The molecule has 0 bridgehead atoms. The Hall–Kier alpha value is -1.34. The third kappa shape index (κ3) is 6.96. The van der Waals surface area contributed by atoms with Gasteiger partial charge in [0.25, 0.3) is 0 Å². The fourth-order valence-corrected chi connectivity index (χ4v) is 3.30. The Balaban J connectivity index is 1.92. The molecule has 1 atom stereocenters. The molecule has 0 aliphatic carbocycles. The minimum Gasteiger partial charge on any atom is -0.493 e. The number of hydrogen-bond acceptors (Lipinski definition) is 6. The van der Waals surface area contributed by atoms with Gasteiger partial charge in [-0.3, -0.25) is 4.90 Å². The number of hydrogen-bond donors (Lipinski definition) is 2. The van der Waals surface area contributed by atoms with Crippen molar-refractivity contribution in [2.45, 2.75) is 45.4 Å². The summed E-state index contributed by atoms with van der Waals surface area (Å²) in [5.41, 5.74) is 1.17. The van der Waals surface area contributed by atoms with E-state index in [9.17, 15) is 10.2 Å². The number of methoxy groups -OCH3 is 1. The fourth-order valence-electron chi connectivity index (χ4n) is 3.30. The summed E-state index contributed by atoms with van der Waals surface area (Å²) >= 11 is 0. The van der Waals surface area contributed by atoms with Gasteiger partial charge in [0, 0.05) is 25.7 Å². The largest absolute Gasteiger partial charge is 0.493 e. The van der Waals surface area contributed by atoms with Gasteiger partial charge in [-0.05, 0) is 70.4 Å². The van der Waals surface area contributed by atoms with E-state index in [1.807, 2.05) is 19.2 Å². The van der Waals surface area contributed by atoms with E-state index < -0.39 is 6.10 Å². The van der Waals surface area contributed by atoms with Crippen LogP contribution >= 0.6 is 0 Å². The van der Waals surface area contributed by atoms with Crippen LogP contribution in [0.15, 0.2) is 18.2 Å². The monoisotopic (exact) mass is 380 g/mol. The van der Waals surface area contributed by atoms with Gasteiger partial charge in [-0.25, -0.2) is 0 Å². The summed E-state index contributed by atoms with van der Waals surface area (Å²) in [6.07, 6.45) is 1.54. The molecule has 0 amide bonds. The van der Waals surface area contributed by atoms with Crippen molar-refractivity contribution >= 4 is 0 Å². The molecule has 0 spiro atoms. The molecule has 1 fully saturated rings. The van der Waals surface area contributed by atoms with Crippen molar-refractivity contribution in [3.8, 4) is 11.5 Å². The first kappa shape index (κ1) is 22.0. The molecule has 6 heteroatoms. The zero-order valence-corrected chi connectivity index (χ0v) is 17.2. The van der Waals surface area contributed by atoms with E-state index in [4.69, 9.17) is 9.47 Å². The molecule has 27 heavy (non-hydrogen) atoms. The molecule has 1 aliphatic heterocycles. The van der Waals surface area contributed by atoms with Gasteiger partial charge in [0.15, 0.2) is 11.5 Å². The van der Waals surface area contributed by atoms with E-state index in [1.54, 1.807) is 7.11 Å². The van der Waals surface area contributed by atoms with Crippen LogP contribution in [-0.4, -0.2) is 79.2 Å². The molecular formula is C21H36N2O4. The highest BCUT2D eigenvalue weighted by atomic mass is 16.5. The highest BCUT2D eigenvalue weighted by Crippen LogP contribution is 2.29. The summed E-state index contributed by atoms with van der Waals surface area (Å²) in [6, 6.07) is 6.38. The van der Waals surface area contributed by atoms with Crippen LogP contribution < -0.4 is 9.47 Å². The second-order valence-corrected chi connectivity index (χ2v) is 7.89. The van der Waals surface area contributed by atoms with Gasteiger partial charge in [0.1, 0.15) is 12.7 Å². The number of aliphatic hydroxyl groups is 2. The standard InChI is InChI=1S/C21H36N2O4/c1-16(2)22(3)13-19(25)15-27-21-11-18(5-6-20(21)26-4)12-23-9-7-17(14-24)8-10-23/h5-6,11,16-17,19,24-25H,7-10,12-15H2,1-4H3. The van der Waals surface area contributed by atoms with Crippen LogP contribution in [0.25, 0.3) is 0 Å². The van der Waals surface area contributed by atoms with Crippen molar-refractivity contribution < 1.29 is 19.7 Å². The molecule has 2 rings (SSSR count). The SMILES string of the molecule is COc1ccc(CN2CCC(CO)CC2)cc1OCC(O)CN(C)C(C)C. The molecule has 1 aromatic rings. The molecular weight excluding hydrogens is 344 g/mol. The maximum absolute atomic E-state index is 10.2. The third-order valence-corrected chi connectivity index (χ3v) is 5.41. The Morgan fingerprint density at radius 1 is 1.22 bits per heavy atom. The van der Waals surface area contributed by atoms with Crippen LogP contribution in [0.2, 0.25) is 0 Å². The van der Waals surface area contributed by atoms with Crippen LogP contribution in [0.4, 0.5) is 0 Å². The average Bonchev–Trinajstić information content (AvgIpc) is 2.67. The van der Waals surface area contributed by atoms with Crippen molar-refractivity contribution in [3.05, 3.63) is 23.8 Å². The van der Waals surface area contributed by atoms with Crippen LogP contribution in [0.1, 0.15) is 32.3 Å². The summed E-state index contributed by atoms with van der Waals surface area (Å²) in [5, 5.41) is 19.5. The number of piperidine rings is 1. The average molecular weight is 381 g/mol. The lowest BCUT2D eigenvalue weighted by atomic mass is 9.97. The topological polar surface area (TPSA) is 65.4 Å². The highest BCUT2D eigenvalue weighted by molar-refractivity contribution is 5.43. The van der Waals surface area contributed by atoms with Crippen molar-refractivity contribution in [1.82, 2.24) is 9.80 Å². The summed E-state index contributed by atoms with van der Waals surface area (Å²) in [7, 11) is 3.62. The van der Waals surface area contributed by atoms with E-state index >= 15 is 0 Å². The lowest BCUT2D eigenvalue weighted by Gasteiger charge is -2.31. The van der Waals surface area contributed by atoms with Gasteiger partial charge >= 0.3 is 0 Å². The van der Waals surface area contributed by atoms with Gasteiger partial charge in [0.05, 0.1) is 7.11 Å². The number of likely N-dealkylation sites (tertiary alicyclic amines) is 1. The summed E-state index contributed by atoms with van der Waals surface area (Å²) in [5.74, 6) is 1.80. The number of aliphatic hydroxyl groups excluding tert-OH is 2. The van der Waals surface area contributed by atoms with E-state index in [1.165, 1.54) is 5.56 Å². The Labute approximate surface area is 163 Å². The van der Waals surface area contributed by atoms with Crippen molar-refractivity contribution in [1.29, 1.82) is 0 Å². The molecule has 1 saturated heterocycles. The van der Waals surface area contributed by atoms with Gasteiger partial charge in [-0.1, -0.05) is 6.07 Å². The minimum absolute atomic E-state index is 0.235. The van der Waals surface area contributed by atoms with Crippen LogP contribution in [0.5, 0.6) is 11.5 Å². The first-order valence-corrected chi connectivity index (χ1v) is 9.94. The zero-order valence-electron chi connectivity index (χ0n) is 17.2. The summed E-state index contributed by atoms with van der Waals surface area (Å²) in [4.78, 5) is 4.50. The molecule has 1 heterocycles. The summed E-state index contributed by atoms with van der Waals surface area (Å²) < 4.78 is 11.3. The van der Waals surface area contributed by atoms with E-state index in [0.717, 1.165) is 32.5 Å². The Kier molecular flexibility index (Phi) is 8.83. The quantitative estimate of drug-likeness (QED) is 0.647. The van der Waals surface area contributed by atoms with Crippen molar-refractivity contribution in [2.24, 2.45) is 5.92 Å². The molecule has 154 valence electrons. The highest BCUT2D eigenvalue weighted by Gasteiger charge is 2.19. The molecule has 2 N–H and O–H groups in total. The van der Waals surface area contributed by atoms with Gasteiger partial charge in [-0.15, -0.1) is 0 Å². The molecule has 0 aromatic heterocycles. The molecule has 1 unspecified atom stereocenters. The van der Waals surface area contributed by atoms with Gasteiger partial charge < -0.3 is 24.6 Å². The van der Waals surface area contributed by atoms with Crippen LogP contribution in [0, 0.1) is 5.92 Å².